The summed E-state index contributed by atoms with van der Waals surface area (Å²) in [6.07, 6.45) is 0.964. The quantitative estimate of drug-likeness (QED) is 0.763. The van der Waals surface area contributed by atoms with E-state index < -0.39 is 5.63 Å². The van der Waals surface area contributed by atoms with Crippen molar-refractivity contribution in [2.24, 2.45) is 0 Å². The number of benzene rings is 1. The fourth-order valence-electron chi connectivity index (χ4n) is 2.61. The Morgan fingerprint density at radius 2 is 2.09 bits per heavy atom. The molecule has 23 heavy (non-hydrogen) atoms. The van der Waals surface area contributed by atoms with Crippen LogP contribution >= 0.6 is 0 Å². The Morgan fingerprint density at radius 1 is 1.30 bits per heavy atom. The molecule has 6 heteroatoms. The first-order valence-corrected chi connectivity index (χ1v) is 7.71. The highest BCUT2D eigenvalue weighted by molar-refractivity contribution is 5.92. The summed E-state index contributed by atoms with van der Waals surface area (Å²) < 4.78 is 5.25. The first kappa shape index (κ1) is 17.2. The molecule has 0 saturated heterocycles. The SMILES string of the molecule is CCCN(CCO)Cc1cc(=O)oc2cc(NC(C)=O)ccc12. The Balaban J connectivity index is 2.39. The van der Waals surface area contributed by atoms with Crippen molar-refractivity contribution >= 4 is 22.6 Å². The highest BCUT2D eigenvalue weighted by Gasteiger charge is 2.11. The maximum atomic E-state index is 11.8. The number of amides is 1. The van der Waals surface area contributed by atoms with Crippen molar-refractivity contribution in [3.63, 3.8) is 0 Å². The number of hydrogen-bond acceptors (Lipinski definition) is 5. The van der Waals surface area contributed by atoms with Gasteiger partial charge in [-0.1, -0.05) is 6.92 Å². The topological polar surface area (TPSA) is 82.8 Å². The van der Waals surface area contributed by atoms with E-state index in [-0.39, 0.29) is 12.5 Å². The minimum Gasteiger partial charge on any atom is -0.423 e. The summed E-state index contributed by atoms with van der Waals surface area (Å²) in [6, 6.07) is 6.75. The van der Waals surface area contributed by atoms with Crippen molar-refractivity contribution in [1.82, 2.24) is 4.90 Å². The zero-order valence-electron chi connectivity index (χ0n) is 13.5. The third-order valence-electron chi connectivity index (χ3n) is 3.50. The Kier molecular flexibility index (Phi) is 5.90. The zero-order chi connectivity index (χ0) is 16.8. The van der Waals surface area contributed by atoms with Gasteiger partial charge in [0.2, 0.25) is 5.91 Å². The number of nitrogens with one attached hydrogen (secondary N) is 1. The molecule has 0 radical (unpaired) electrons. The number of hydrogen-bond donors (Lipinski definition) is 2. The third kappa shape index (κ3) is 4.64. The van der Waals surface area contributed by atoms with E-state index in [0.717, 1.165) is 23.9 Å². The summed E-state index contributed by atoms with van der Waals surface area (Å²) >= 11 is 0. The first-order valence-electron chi connectivity index (χ1n) is 7.71. The van der Waals surface area contributed by atoms with E-state index in [0.29, 0.717) is 24.4 Å². The van der Waals surface area contributed by atoms with Crippen LogP contribution in [-0.2, 0) is 11.3 Å². The predicted molar refractivity (Wildman–Crippen MR) is 89.4 cm³/mol. The van der Waals surface area contributed by atoms with Crippen LogP contribution in [0.25, 0.3) is 11.0 Å². The molecule has 0 saturated carbocycles. The molecular formula is C17H22N2O4. The van der Waals surface area contributed by atoms with Gasteiger partial charge in [-0.3, -0.25) is 9.69 Å². The summed E-state index contributed by atoms with van der Waals surface area (Å²) in [6.45, 7) is 5.53. The Morgan fingerprint density at radius 3 is 2.74 bits per heavy atom. The van der Waals surface area contributed by atoms with Crippen molar-refractivity contribution in [2.75, 3.05) is 25.0 Å². The predicted octanol–water partition coefficient (Wildman–Crippen LogP) is 1.96. The van der Waals surface area contributed by atoms with Crippen LogP contribution in [0, 0.1) is 0 Å². The van der Waals surface area contributed by atoms with Crippen molar-refractivity contribution in [2.45, 2.75) is 26.8 Å². The second-order valence-electron chi connectivity index (χ2n) is 5.48. The molecule has 124 valence electrons. The number of nitrogens with zero attached hydrogens (tertiary/aromatic N) is 1. The number of carbonyl (C=O) groups excluding carboxylic acids is 1. The number of fused-ring (bicyclic) bond motifs is 1. The average Bonchev–Trinajstić information content (AvgIpc) is 2.46. The average molecular weight is 318 g/mol. The lowest BCUT2D eigenvalue weighted by Crippen LogP contribution is -2.27. The van der Waals surface area contributed by atoms with E-state index >= 15 is 0 Å². The zero-order valence-corrected chi connectivity index (χ0v) is 13.5. The molecule has 2 aromatic rings. The normalized spacial score (nSPS) is 11.1. The lowest BCUT2D eigenvalue weighted by Gasteiger charge is -2.21. The van der Waals surface area contributed by atoms with Gasteiger partial charge in [-0.25, -0.2) is 4.79 Å². The van der Waals surface area contributed by atoms with E-state index in [1.165, 1.54) is 13.0 Å². The highest BCUT2D eigenvalue weighted by atomic mass is 16.4. The molecule has 6 nitrogen and oxygen atoms in total. The molecule has 0 aliphatic heterocycles. The molecule has 0 fully saturated rings. The number of aliphatic hydroxyl groups excluding tert-OH is 1. The van der Waals surface area contributed by atoms with Gasteiger partial charge >= 0.3 is 5.63 Å². The van der Waals surface area contributed by atoms with Crippen LogP contribution in [0.1, 0.15) is 25.8 Å². The fraction of sp³-hybridized carbons (Fsp3) is 0.412. The number of rotatable bonds is 7. The smallest absolute Gasteiger partial charge is 0.336 e. The standard InChI is InChI=1S/C17H22N2O4/c1-3-6-19(7-8-20)11-13-9-17(22)23-16-10-14(18-12(2)21)4-5-15(13)16/h4-5,9-10,20H,3,6-8,11H2,1-2H3,(H,18,21). The van der Waals surface area contributed by atoms with E-state index in [4.69, 9.17) is 9.52 Å². The van der Waals surface area contributed by atoms with Crippen LogP contribution < -0.4 is 10.9 Å². The second-order valence-corrected chi connectivity index (χ2v) is 5.48. The molecule has 0 aliphatic carbocycles. The van der Waals surface area contributed by atoms with Crippen LogP contribution in [0.15, 0.2) is 33.5 Å². The number of aliphatic hydroxyl groups is 1. The second kappa shape index (κ2) is 7.89. The van der Waals surface area contributed by atoms with Crippen LogP contribution in [0.3, 0.4) is 0 Å². The Bertz CT molecular complexity index is 733. The molecular weight excluding hydrogens is 296 g/mol. The van der Waals surface area contributed by atoms with Crippen molar-refractivity contribution in [3.8, 4) is 0 Å². The number of carbonyl (C=O) groups is 1. The van der Waals surface area contributed by atoms with Crippen molar-refractivity contribution in [1.29, 1.82) is 0 Å². The summed E-state index contributed by atoms with van der Waals surface area (Å²) in [5.74, 6) is -0.181. The van der Waals surface area contributed by atoms with Crippen molar-refractivity contribution in [3.05, 3.63) is 40.2 Å². The molecule has 2 N–H and O–H groups in total. The fourth-order valence-corrected chi connectivity index (χ4v) is 2.61. The summed E-state index contributed by atoms with van der Waals surface area (Å²) in [5.41, 5.74) is 1.46. The molecule has 0 bridgehead atoms. The molecule has 1 aromatic carbocycles. The molecule has 0 spiro atoms. The Labute approximate surface area is 134 Å². The van der Waals surface area contributed by atoms with Gasteiger partial charge in [0.1, 0.15) is 5.58 Å². The molecule has 0 atom stereocenters. The largest absolute Gasteiger partial charge is 0.423 e. The van der Waals surface area contributed by atoms with Crippen LogP contribution in [0.5, 0.6) is 0 Å². The molecule has 2 rings (SSSR count). The molecule has 0 unspecified atom stereocenters. The maximum Gasteiger partial charge on any atom is 0.336 e. The van der Waals surface area contributed by atoms with Gasteiger partial charge in [0, 0.05) is 43.2 Å². The van der Waals surface area contributed by atoms with Gasteiger partial charge in [0.25, 0.3) is 0 Å². The molecule has 1 heterocycles. The van der Waals surface area contributed by atoms with E-state index in [1.807, 2.05) is 6.07 Å². The van der Waals surface area contributed by atoms with Crippen LogP contribution in [-0.4, -0.2) is 35.6 Å². The molecule has 0 aliphatic rings. The van der Waals surface area contributed by atoms with E-state index in [2.05, 4.69) is 17.1 Å². The van der Waals surface area contributed by atoms with Gasteiger partial charge in [-0.05, 0) is 30.7 Å². The van der Waals surface area contributed by atoms with E-state index in [9.17, 15) is 9.59 Å². The lowest BCUT2D eigenvalue weighted by atomic mass is 10.1. The van der Waals surface area contributed by atoms with Gasteiger partial charge in [-0.15, -0.1) is 0 Å². The van der Waals surface area contributed by atoms with Crippen LogP contribution in [0.2, 0.25) is 0 Å². The van der Waals surface area contributed by atoms with Gasteiger partial charge in [0.05, 0.1) is 6.61 Å². The summed E-state index contributed by atoms with van der Waals surface area (Å²) in [4.78, 5) is 25.0. The first-order chi connectivity index (χ1) is 11.0. The molecule has 1 amide bonds. The summed E-state index contributed by atoms with van der Waals surface area (Å²) in [7, 11) is 0. The third-order valence-corrected chi connectivity index (χ3v) is 3.50. The monoisotopic (exact) mass is 318 g/mol. The number of anilines is 1. The van der Waals surface area contributed by atoms with E-state index in [1.54, 1.807) is 12.1 Å². The van der Waals surface area contributed by atoms with Gasteiger partial charge in [0.15, 0.2) is 0 Å². The minimum absolute atomic E-state index is 0.0754. The van der Waals surface area contributed by atoms with Gasteiger partial charge < -0.3 is 14.8 Å². The maximum absolute atomic E-state index is 11.8. The molecule has 1 aromatic heterocycles. The highest BCUT2D eigenvalue weighted by Crippen LogP contribution is 2.22. The summed E-state index contributed by atoms with van der Waals surface area (Å²) in [5, 5.41) is 12.7. The van der Waals surface area contributed by atoms with Gasteiger partial charge in [-0.2, -0.15) is 0 Å². The minimum atomic E-state index is -0.423. The van der Waals surface area contributed by atoms with Crippen molar-refractivity contribution < 1.29 is 14.3 Å². The Hall–Kier alpha value is -2.18. The van der Waals surface area contributed by atoms with Crippen LogP contribution in [0.4, 0.5) is 5.69 Å². The lowest BCUT2D eigenvalue weighted by molar-refractivity contribution is -0.114.